The van der Waals surface area contributed by atoms with E-state index in [2.05, 4.69) is 0 Å². The van der Waals surface area contributed by atoms with Crippen LogP contribution in [0.2, 0.25) is 0 Å². The summed E-state index contributed by atoms with van der Waals surface area (Å²) in [6.45, 7) is 1.56. The van der Waals surface area contributed by atoms with Gasteiger partial charge in [0.2, 0.25) is 0 Å². The van der Waals surface area contributed by atoms with Gasteiger partial charge in [0.05, 0.1) is 12.5 Å². The molecule has 1 rings (SSSR count). The molecule has 0 amide bonds. The first kappa shape index (κ1) is 6.93. The molecule has 0 aromatic heterocycles. The van der Waals surface area contributed by atoms with Crippen LogP contribution in [0.4, 0.5) is 4.39 Å². The van der Waals surface area contributed by atoms with E-state index in [1.807, 2.05) is 0 Å². The van der Waals surface area contributed by atoms with Crippen molar-refractivity contribution in [1.29, 1.82) is 0 Å². The minimum absolute atomic E-state index is 0.208. The summed E-state index contributed by atoms with van der Waals surface area (Å²) in [6.07, 6.45) is 0. The number of carbonyl (C=O) groups excluding carboxylic acids is 1. The summed E-state index contributed by atoms with van der Waals surface area (Å²) in [5.41, 5.74) is 0.654. The highest BCUT2D eigenvalue weighted by atomic mass is 19.1. The average Bonchev–Trinajstić information content (AvgIpc) is 1.88. The number of halogens is 1. The van der Waals surface area contributed by atoms with Gasteiger partial charge in [0.15, 0.2) is 0 Å². The number of hydrogen-bond acceptors (Lipinski definition) is 0. The molecule has 0 fully saturated rings. The highest BCUT2D eigenvalue weighted by Gasteiger charge is 2.02. The maximum atomic E-state index is 12.3. The van der Waals surface area contributed by atoms with Gasteiger partial charge < -0.3 is 0 Å². The van der Waals surface area contributed by atoms with Gasteiger partial charge in [-0.05, 0) is 24.3 Å². The molecule has 0 saturated heterocycles. The third-order valence-electron chi connectivity index (χ3n) is 1.26. The van der Waals surface area contributed by atoms with Crippen LogP contribution in [0, 0.1) is 5.82 Å². The molecule has 0 aliphatic rings. The van der Waals surface area contributed by atoms with Gasteiger partial charge in [0, 0.05) is 0 Å². The standard InChI is InChI=1S/C8H7FO/c1-6(10)7-2-4-8(9)5-3-7/h2-5H,1H3/p+1. The lowest BCUT2D eigenvalue weighted by atomic mass is 10.1. The Balaban J connectivity index is 3.00. The minimum Gasteiger partial charge on any atom is -0.278 e. The topological polar surface area (TPSA) is 21.4 Å². The van der Waals surface area contributed by atoms with E-state index >= 15 is 0 Å². The maximum Gasteiger partial charge on any atom is 0.320 e. The predicted molar refractivity (Wildman–Crippen MR) is 38.1 cm³/mol. The zero-order valence-electron chi connectivity index (χ0n) is 5.63. The minimum atomic E-state index is -0.287. The molecular formula is C8H8FO+. The fraction of sp³-hybridized carbons (Fsp3) is 0.125. The number of hydrogen-bond donors (Lipinski definition) is 0. The molecule has 0 unspecified atom stereocenters. The van der Waals surface area contributed by atoms with Crippen LogP contribution in [-0.2, 0) is 0 Å². The molecule has 0 radical (unpaired) electrons. The van der Waals surface area contributed by atoms with E-state index < -0.39 is 0 Å². The van der Waals surface area contributed by atoms with Gasteiger partial charge >= 0.3 is 5.78 Å². The van der Waals surface area contributed by atoms with Gasteiger partial charge in [-0.2, -0.15) is 0 Å². The number of benzene rings is 1. The molecule has 0 atom stereocenters. The molecule has 1 nitrogen and oxygen atoms in total. The lowest BCUT2D eigenvalue weighted by Crippen LogP contribution is -1.92. The van der Waals surface area contributed by atoms with E-state index in [-0.39, 0.29) is 11.6 Å². The van der Waals surface area contributed by atoms with E-state index in [4.69, 9.17) is 4.79 Å². The number of ketones is 1. The molecule has 1 aromatic rings. The summed E-state index contributed by atoms with van der Waals surface area (Å²) in [4.78, 5) is 8.91. The molecular weight excluding hydrogens is 131 g/mol. The summed E-state index contributed by atoms with van der Waals surface area (Å²) in [5, 5.41) is 0. The summed E-state index contributed by atoms with van der Waals surface area (Å²) < 4.78 is 12.3. The summed E-state index contributed by atoms with van der Waals surface area (Å²) in [7, 11) is 0. The third kappa shape index (κ3) is 1.41. The second-order valence-electron chi connectivity index (χ2n) is 2.09. The molecule has 52 valence electrons. The van der Waals surface area contributed by atoms with Gasteiger partial charge in [-0.3, -0.25) is 4.79 Å². The fourth-order valence-corrected chi connectivity index (χ4v) is 0.691. The Morgan fingerprint density at radius 1 is 1.30 bits per heavy atom. The Kier molecular flexibility index (Phi) is 1.81. The maximum absolute atomic E-state index is 12.3. The van der Waals surface area contributed by atoms with Crippen molar-refractivity contribution in [1.82, 2.24) is 0 Å². The first-order chi connectivity index (χ1) is 4.70. The van der Waals surface area contributed by atoms with Crippen molar-refractivity contribution in [2.24, 2.45) is 0 Å². The molecule has 0 aliphatic carbocycles. The van der Waals surface area contributed by atoms with Crippen LogP contribution in [0.5, 0.6) is 0 Å². The molecule has 0 saturated carbocycles. The van der Waals surface area contributed by atoms with E-state index in [0.717, 1.165) is 0 Å². The molecule has 1 N–H and O–H groups in total. The summed E-state index contributed by atoms with van der Waals surface area (Å²) >= 11 is 0. The number of rotatable bonds is 1. The van der Waals surface area contributed by atoms with Crippen LogP contribution in [0.3, 0.4) is 0 Å². The van der Waals surface area contributed by atoms with Gasteiger partial charge in [0.25, 0.3) is 0 Å². The van der Waals surface area contributed by atoms with Crippen molar-refractivity contribution < 1.29 is 9.18 Å². The van der Waals surface area contributed by atoms with E-state index in [9.17, 15) is 4.39 Å². The summed E-state index contributed by atoms with van der Waals surface area (Å²) in [6, 6.07) is 5.69. The van der Waals surface area contributed by atoms with Gasteiger partial charge in [-0.1, -0.05) is 0 Å². The Hall–Kier alpha value is -1.18. The highest BCUT2D eigenvalue weighted by molar-refractivity contribution is 5.94. The van der Waals surface area contributed by atoms with Crippen molar-refractivity contribution >= 4 is 5.78 Å². The van der Waals surface area contributed by atoms with E-state index in [1.165, 1.54) is 24.3 Å². The molecule has 1 aromatic carbocycles. The molecule has 10 heavy (non-hydrogen) atoms. The fourth-order valence-electron chi connectivity index (χ4n) is 0.691. The van der Waals surface area contributed by atoms with Crippen LogP contribution < -0.4 is 0 Å². The van der Waals surface area contributed by atoms with Crippen LogP contribution in [0.15, 0.2) is 24.3 Å². The van der Waals surface area contributed by atoms with Crippen LogP contribution >= 0.6 is 0 Å². The third-order valence-corrected chi connectivity index (χ3v) is 1.26. The first-order valence-corrected chi connectivity index (χ1v) is 2.98. The highest BCUT2D eigenvalue weighted by Crippen LogP contribution is 2.01. The quantitative estimate of drug-likeness (QED) is 0.417. The lowest BCUT2D eigenvalue weighted by Gasteiger charge is -1.88. The monoisotopic (exact) mass is 139 g/mol. The van der Waals surface area contributed by atoms with Crippen LogP contribution in [0.1, 0.15) is 12.5 Å². The molecule has 0 bridgehead atoms. The lowest BCUT2D eigenvalue weighted by molar-refractivity contribution is 0.627. The van der Waals surface area contributed by atoms with Crippen LogP contribution in [0.25, 0.3) is 0 Å². The zero-order valence-corrected chi connectivity index (χ0v) is 5.63. The summed E-state index contributed by atoms with van der Waals surface area (Å²) in [5.74, 6) is -0.0787. The van der Waals surface area contributed by atoms with Crippen molar-refractivity contribution in [3.05, 3.63) is 35.6 Å². The van der Waals surface area contributed by atoms with Gasteiger partial charge in [0.1, 0.15) is 5.82 Å². The molecule has 2 heteroatoms. The average molecular weight is 139 g/mol. The zero-order chi connectivity index (χ0) is 7.56. The Morgan fingerprint density at radius 3 is 2.20 bits per heavy atom. The van der Waals surface area contributed by atoms with Crippen molar-refractivity contribution in [3.63, 3.8) is 0 Å². The normalized spacial score (nSPS) is 9.40. The SMILES string of the molecule is CC(=[OH+])c1ccc(F)cc1. The van der Waals surface area contributed by atoms with E-state index in [1.54, 1.807) is 6.92 Å². The van der Waals surface area contributed by atoms with E-state index in [0.29, 0.717) is 5.56 Å². The smallest absolute Gasteiger partial charge is 0.278 e. The largest absolute Gasteiger partial charge is 0.320 e. The molecule has 0 spiro atoms. The molecule has 0 heterocycles. The second-order valence-corrected chi connectivity index (χ2v) is 2.09. The Bertz CT molecular complexity index is 238. The van der Waals surface area contributed by atoms with Crippen LogP contribution in [-0.4, -0.2) is 10.6 Å². The molecule has 0 aliphatic heterocycles. The Labute approximate surface area is 58.5 Å². The van der Waals surface area contributed by atoms with Gasteiger partial charge in [-0.25, -0.2) is 4.39 Å². The first-order valence-electron chi connectivity index (χ1n) is 2.98. The Morgan fingerprint density at radius 2 is 1.80 bits per heavy atom. The van der Waals surface area contributed by atoms with Crippen molar-refractivity contribution in [2.75, 3.05) is 0 Å². The second kappa shape index (κ2) is 2.60. The van der Waals surface area contributed by atoms with Gasteiger partial charge in [-0.15, -0.1) is 0 Å². The predicted octanol–water partition coefficient (Wildman–Crippen LogP) is 1.74. The van der Waals surface area contributed by atoms with Crippen molar-refractivity contribution in [2.45, 2.75) is 6.92 Å². The van der Waals surface area contributed by atoms with Crippen molar-refractivity contribution in [3.8, 4) is 0 Å².